The van der Waals surface area contributed by atoms with E-state index in [0.29, 0.717) is 12.3 Å². The molecule has 1 aromatic carbocycles. The van der Waals surface area contributed by atoms with Gasteiger partial charge >= 0.3 is 6.61 Å². The summed E-state index contributed by atoms with van der Waals surface area (Å²) in [5, 5.41) is 2.95. The van der Waals surface area contributed by atoms with Gasteiger partial charge in [0, 0.05) is 6.54 Å². The molecule has 15 heavy (non-hydrogen) atoms. The average Bonchev–Trinajstić information content (AvgIpc) is 2.20. The number of methoxy groups -OCH3 is 1. The zero-order valence-electron chi connectivity index (χ0n) is 8.59. The number of halogens is 2. The lowest BCUT2D eigenvalue weighted by atomic mass is 10.2. The Morgan fingerprint density at radius 1 is 1.33 bits per heavy atom. The molecule has 0 aliphatic rings. The summed E-state index contributed by atoms with van der Waals surface area (Å²) in [5.41, 5.74) is 0.941. The van der Waals surface area contributed by atoms with Gasteiger partial charge in [-0.05, 0) is 24.7 Å². The maximum Gasteiger partial charge on any atom is 0.387 e. The molecule has 3 nitrogen and oxygen atoms in total. The molecular weight excluding hydrogens is 204 g/mol. The maximum atomic E-state index is 12.0. The van der Waals surface area contributed by atoms with E-state index < -0.39 is 6.61 Å². The summed E-state index contributed by atoms with van der Waals surface area (Å²) < 4.78 is 33.2. The monoisotopic (exact) mass is 217 g/mol. The third kappa shape index (κ3) is 3.36. The molecule has 0 saturated heterocycles. The van der Waals surface area contributed by atoms with Crippen molar-refractivity contribution in [2.24, 2.45) is 0 Å². The normalized spacial score (nSPS) is 10.5. The Morgan fingerprint density at radius 2 is 2.07 bits per heavy atom. The summed E-state index contributed by atoms with van der Waals surface area (Å²) in [6.07, 6.45) is 0. The predicted molar refractivity (Wildman–Crippen MR) is 52.4 cm³/mol. The van der Waals surface area contributed by atoms with Crippen molar-refractivity contribution in [2.45, 2.75) is 13.2 Å². The van der Waals surface area contributed by atoms with Crippen LogP contribution in [0.2, 0.25) is 0 Å². The molecule has 1 N–H and O–H groups in total. The van der Waals surface area contributed by atoms with Crippen LogP contribution in [0.25, 0.3) is 0 Å². The molecule has 0 spiro atoms. The zero-order valence-corrected chi connectivity index (χ0v) is 8.59. The molecule has 1 rings (SSSR count). The Morgan fingerprint density at radius 3 is 2.60 bits per heavy atom. The van der Waals surface area contributed by atoms with Crippen LogP contribution < -0.4 is 14.8 Å². The fourth-order valence-corrected chi connectivity index (χ4v) is 1.22. The molecule has 0 aliphatic heterocycles. The van der Waals surface area contributed by atoms with Crippen LogP contribution in [0, 0.1) is 0 Å². The Balaban J connectivity index is 2.88. The third-order valence-electron chi connectivity index (χ3n) is 1.82. The maximum absolute atomic E-state index is 12.0. The molecule has 0 aromatic heterocycles. The molecule has 0 saturated carbocycles. The van der Waals surface area contributed by atoms with E-state index in [-0.39, 0.29) is 5.75 Å². The van der Waals surface area contributed by atoms with Crippen molar-refractivity contribution in [3.05, 3.63) is 23.8 Å². The highest BCUT2D eigenvalue weighted by Crippen LogP contribution is 2.29. The van der Waals surface area contributed by atoms with Crippen LogP contribution in [0.4, 0.5) is 8.78 Å². The largest absolute Gasteiger partial charge is 0.493 e. The van der Waals surface area contributed by atoms with Crippen LogP contribution in [0.5, 0.6) is 11.5 Å². The minimum absolute atomic E-state index is 0.0485. The van der Waals surface area contributed by atoms with Crippen LogP contribution in [-0.2, 0) is 6.54 Å². The topological polar surface area (TPSA) is 30.5 Å². The molecule has 84 valence electrons. The number of ether oxygens (including phenoxy) is 2. The molecule has 0 unspecified atom stereocenters. The summed E-state index contributed by atoms with van der Waals surface area (Å²) in [5.74, 6) is 0.357. The first-order valence-corrected chi connectivity index (χ1v) is 4.43. The van der Waals surface area contributed by atoms with Gasteiger partial charge in [0.1, 0.15) is 0 Å². The average molecular weight is 217 g/mol. The minimum Gasteiger partial charge on any atom is -0.493 e. The number of benzene rings is 1. The van der Waals surface area contributed by atoms with Gasteiger partial charge in [0.25, 0.3) is 0 Å². The van der Waals surface area contributed by atoms with Crippen molar-refractivity contribution in [1.29, 1.82) is 0 Å². The number of hydrogen-bond donors (Lipinski definition) is 1. The van der Waals surface area contributed by atoms with Gasteiger partial charge in [-0.15, -0.1) is 0 Å². The molecule has 0 amide bonds. The summed E-state index contributed by atoms with van der Waals surface area (Å²) in [4.78, 5) is 0. The molecule has 1 aromatic rings. The van der Waals surface area contributed by atoms with Crippen molar-refractivity contribution < 1.29 is 18.3 Å². The van der Waals surface area contributed by atoms with Gasteiger partial charge in [-0.3, -0.25) is 0 Å². The molecule has 0 fully saturated rings. The first kappa shape index (κ1) is 11.7. The molecule has 0 bridgehead atoms. The first-order valence-electron chi connectivity index (χ1n) is 4.43. The van der Waals surface area contributed by atoms with Crippen molar-refractivity contribution in [3.8, 4) is 11.5 Å². The van der Waals surface area contributed by atoms with E-state index in [4.69, 9.17) is 4.74 Å². The molecule has 0 atom stereocenters. The highest BCUT2D eigenvalue weighted by atomic mass is 19.3. The quantitative estimate of drug-likeness (QED) is 0.818. The van der Waals surface area contributed by atoms with Gasteiger partial charge in [-0.1, -0.05) is 6.07 Å². The van der Waals surface area contributed by atoms with Crippen LogP contribution in [-0.4, -0.2) is 20.8 Å². The van der Waals surface area contributed by atoms with Gasteiger partial charge in [0.15, 0.2) is 11.5 Å². The summed E-state index contributed by atoms with van der Waals surface area (Å²) in [7, 11) is 3.22. The highest BCUT2D eigenvalue weighted by molar-refractivity contribution is 5.42. The van der Waals surface area contributed by atoms with Crippen LogP contribution >= 0.6 is 0 Å². The Bertz CT molecular complexity index is 318. The number of alkyl halides is 2. The lowest BCUT2D eigenvalue weighted by molar-refractivity contribution is -0.0512. The van der Waals surface area contributed by atoms with Crippen molar-refractivity contribution in [1.82, 2.24) is 5.32 Å². The van der Waals surface area contributed by atoms with E-state index in [9.17, 15) is 8.78 Å². The van der Waals surface area contributed by atoms with Crippen molar-refractivity contribution >= 4 is 0 Å². The second-order valence-corrected chi connectivity index (χ2v) is 2.89. The standard InChI is InChI=1S/C10H13F2NO2/c1-13-6-7-3-4-8(15-10(11)12)9(5-7)14-2/h3-5,10,13H,6H2,1-2H3. The fourth-order valence-electron chi connectivity index (χ4n) is 1.22. The third-order valence-corrected chi connectivity index (χ3v) is 1.82. The molecule has 5 heteroatoms. The predicted octanol–water partition coefficient (Wildman–Crippen LogP) is 2.02. The molecular formula is C10H13F2NO2. The van der Waals surface area contributed by atoms with Gasteiger partial charge in [0.05, 0.1) is 7.11 Å². The summed E-state index contributed by atoms with van der Waals surface area (Å²) in [6, 6.07) is 4.84. The van der Waals surface area contributed by atoms with Gasteiger partial charge in [0.2, 0.25) is 0 Å². The molecule has 0 aliphatic carbocycles. The second-order valence-electron chi connectivity index (χ2n) is 2.89. The van der Waals surface area contributed by atoms with E-state index in [1.54, 1.807) is 19.2 Å². The lowest BCUT2D eigenvalue weighted by Gasteiger charge is -2.11. The van der Waals surface area contributed by atoms with Crippen molar-refractivity contribution in [2.75, 3.05) is 14.2 Å². The van der Waals surface area contributed by atoms with Gasteiger partial charge < -0.3 is 14.8 Å². The first-order chi connectivity index (χ1) is 7.17. The SMILES string of the molecule is CNCc1ccc(OC(F)F)c(OC)c1. The van der Waals surface area contributed by atoms with Gasteiger partial charge in [-0.25, -0.2) is 0 Å². The van der Waals surface area contributed by atoms with Gasteiger partial charge in [-0.2, -0.15) is 8.78 Å². The van der Waals surface area contributed by atoms with Crippen molar-refractivity contribution in [3.63, 3.8) is 0 Å². The van der Waals surface area contributed by atoms with Crippen LogP contribution in [0.1, 0.15) is 5.56 Å². The van der Waals surface area contributed by atoms with E-state index in [1.807, 2.05) is 0 Å². The Kier molecular flexibility index (Phi) is 4.30. The zero-order chi connectivity index (χ0) is 11.3. The van der Waals surface area contributed by atoms with E-state index in [2.05, 4.69) is 10.1 Å². The fraction of sp³-hybridized carbons (Fsp3) is 0.400. The smallest absolute Gasteiger partial charge is 0.387 e. The number of nitrogens with one attached hydrogen (secondary N) is 1. The highest BCUT2D eigenvalue weighted by Gasteiger charge is 2.10. The Hall–Kier alpha value is -1.36. The summed E-state index contributed by atoms with van der Waals surface area (Å²) >= 11 is 0. The van der Waals surface area contributed by atoms with Crippen LogP contribution in [0.15, 0.2) is 18.2 Å². The van der Waals surface area contributed by atoms with E-state index >= 15 is 0 Å². The second kappa shape index (κ2) is 5.50. The number of rotatable bonds is 5. The molecule has 0 radical (unpaired) electrons. The molecule has 0 heterocycles. The van der Waals surface area contributed by atoms with Crippen LogP contribution in [0.3, 0.4) is 0 Å². The Labute approximate surface area is 87.0 Å². The van der Waals surface area contributed by atoms with E-state index in [1.165, 1.54) is 13.2 Å². The lowest BCUT2D eigenvalue weighted by Crippen LogP contribution is -2.07. The minimum atomic E-state index is -2.84. The summed E-state index contributed by atoms with van der Waals surface area (Å²) in [6.45, 7) is -2.19. The van der Waals surface area contributed by atoms with E-state index in [0.717, 1.165) is 5.56 Å². The number of hydrogen-bond acceptors (Lipinski definition) is 3.